The Morgan fingerprint density at radius 1 is 1.26 bits per heavy atom. The molecule has 160 valence electrons. The topological polar surface area (TPSA) is 78.0 Å². The van der Waals surface area contributed by atoms with Crippen LogP contribution in [0.5, 0.6) is 5.75 Å². The van der Waals surface area contributed by atoms with Gasteiger partial charge in [-0.2, -0.15) is 0 Å². The molecule has 0 radical (unpaired) electrons. The van der Waals surface area contributed by atoms with E-state index in [0.29, 0.717) is 5.75 Å². The summed E-state index contributed by atoms with van der Waals surface area (Å²) < 4.78 is 5.76. The molecule has 0 saturated carbocycles. The third-order valence-corrected chi connectivity index (χ3v) is 5.34. The van der Waals surface area contributed by atoms with E-state index >= 15 is 0 Å². The smallest absolute Gasteiger partial charge is 0.257 e. The molecule has 2 heterocycles. The Balaban J connectivity index is 1.67. The van der Waals surface area contributed by atoms with Crippen LogP contribution < -0.4 is 20.7 Å². The minimum absolute atomic E-state index is 0.0230. The van der Waals surface area contributed by atoms with Crippen LogP contribution in [0.1, 0.15) is 11.7 Å². The SMILES string of the molecule is CNC(=O)COc1ccccc1-c1ccc2c(c1)C(NC)NC(C1=CC=CN(C)C1)=N2. The fraction of sp³-hybridized carbons (Fsp3) is 0.250. The minimum atomic E-state index is -0.168. The molecule has 2 aromatic rings. The number of rotatable bonds is 6. The van der Waals surface area contributed by atoms with E-state index in [-0.39, 0.29) is 18.7 Å². The van der Waals surface area contributed by atoms with Crippen molar-refractivity contribution in [1.29, 1.82) is 0 Å². The zero-order valence-electron chi connectivity index (χ0n) is 18.0. The summed E-state index contributed by atoms with van der Waals surface area (Å²) in [5.41, 5.74) is 5.07. The van der Waals surface area contributed by atoms with Crippen molar-refractivity contribution in [3.8, 4) is 16.9 Å². The van der Waals surface area contributed by atoms with E-state index in [9.17, 15) is 4.79 Å². The number of fused-ring (bicyclic) bond motifs is 1. The Hall–Kier alpha value is -3.58. The number of carbonyl (C=O) groups excluding carboxylic acids is 1. The number of likely N-dealkylation sites (N-methyl/N-ethyl adjacent to an activating group) is 2. The predicted octanol–water partition coefficient (Wildman–Crippen LogP) is 2.72. The number of hydrogen-bond donors (Lipinski definition) is 3. The van der Waals surface area contributed by atoms with Crippen molar-refractivity contribution >= 4 is 17.4 Å². The van der Waals surface area contributed by atoms with Crippen molar-refractivity contribution in [2.45, 2.75) is 6.17 Å². The van der Waals surface area contributed by atoms with Crippen LogP contribution in [0.15, 0.2) is 71.4 Å². The summed E-state index contributed by atoms with van der Waals surface area (Å²) in [5, 5.41) is 9.44. The third-order valence-electron chi connectivity index (χ3n) is 5.34. The van der Waals surface area contributed by atoms with Crippen molar-refractivity contribution < 1.29 is 9.53 Å². The zero-order valence-corrected chi connectivity index (χ0v) is 18.0. The monoisotopic (exact) mass is 417 g/mol. The number of para-hydroxylation sites is 1. The number of nitrogens with one attached hydrogen (secondary N) is 3. The molecular weight excluding hydrogens is 390 g/mol. The lowest BCUT2D eigenvalue weighted by Gasteiger charge is -2.30. The molecule has 0 aromatic heterocycles. The lowest BCUT2D eigenvalue weighted by Crippen LogP contribution is -2.41. The van der Waals surface area contributed by atoms with Gasteiger partial charge in [0, 0.05) is 37.3 Å². The molecule has 1 unspecified atom stereocenters. The molecule has 7 heteroatoms. The fourth-order valence-corrected chi connectivity index (χ4v) is 3.69. The first-order valence-corrected chi connectivity index (χ1v) is 10.3. The average Bonchev–Trinajstić information content (AvgIpc) is 2.81. The first-order chi connectivity index (χ1) is 15.1. The number of amides is 1. The van der Waals surface area contributed by atoms with Crippen LogP contribution >= 0.6 is 0 Å². The number of allylic oxidation sites excluding steroid dienone is 2. The summed E-state index contributed by atoms with van der Waals surface area (Å²) in [6.07, 6.45) is 6.11. The number of nitrogens with zero attached hydrogens (tertiary/aromatic N) is 2. The summed E-state index contributed by atoms with van der Waals surface area (Å²) in [5.74, 6) is 1.38. The molecule has 1 atom stereocenters. The Bertz CT molecular complexity index is 1070. The molecule has 0 fully saturated rings. The largest absolute Gasteiger partial charge is 0.483 e. The average molecular weight is 418 g/mol. The van der Waals surface area contributed by atoms with Crippen LogP contribution in [0.2, 0.25) is 0 Å². The first-order valence-electron chi connectivity index (χ1n) is 10.3. The highest BCUT2D eigenvalue weighted by molar-refractivity contribution is 6.02. The Morgan fingerprint density at radius 2 is 2.10 bits per heavy atom. The Labute approximate surface area is 182 Å². The molecule has 2 aromatic carbocycles. The van der Waals surface area contributed by atoms with Gasteiger partial charge in [0.05, 0.1) is 5.69 Å². The van der Waals surface area contributed by atoms with E-state index < -0.39 is 0 Å². The van der Waals surface area contributed by atoms with Gasteiger partial charge in [0.25, 0.3) is 5.91 Å². The van der Waals surface area contributed by atoms with Crippen LogP contribution in [0.4, 0.5) is 5.69 Å². The normalized spacial score (nSPS) is 17.3. The van der Waals surface area contributed by atoms with Crippen LogP contribution in [0.25, 0.3) is 11.1 Å². The predicted molar refractivity (Wildman–Crippen MR) is 123 cm³/mol. The Morgan fingerprint density at radius 3 is 2.87 bits per heavy atom. The minimum Gasteiger partial charge on any atom is -0.483 e. The van der Waals surface area contributed by atoms with Crippen molar-refractivity contribution in [3.63, 3.8) is 0 Å². The Kier molecular flexibility index (Phi) is 6.04. The van der Waals surface area contributed by atoms with Gasteiger partial charge in [-0.15, -0.1) is 0 Å². The van der Waals surface area contributed by atoms with E-state index in [1.807, 2.05) is 62.8 Å². The van der Waals surface area contributed by atoms with E-state index in [2.05, 4.69) is 33.0 Å². The van der Waals surface area contributed by atoms with Gasteiger partial charge in [-0.05, 0) is 43.1 Å². The maximum absolute atomic E-state index is 11.6. The van der Waals surface area contributed by atoms with E-state index in [1.54, 1.807) is 7.05 Å². The summed E-state index contributed by atoms with van der Waals surface area (Å²) in [4.78, 5) is 18.6. The van der Waals surface area contributed by atoms with Crippen LogP contribution in [-0.4, -0.2) is 50.9 Å². The van der Waals surface area contributed by atoms with Crippen molar-refractivity contribution in [1.82, 2.24) is 20.9 Å². The molecule has 0 spiro atoms. The number of benzene rings is 2. The molecular formula is C24H27N5O2. The van der Waals surface area contributed by atoms with Crippen molar-refractivity contribution in [2.24, 2.45) is 4.99 Å². The first kappa shape index (κ1) is 20.7. The second kappa shape index (κ2) is 9.06. The van der Waals surface area contributed by atoms with Gasteiger partial charge in [0.15, 0.2) is 6.61 Å². The number of ether oxygens (including phenoxy) is 1. The van der Waals surface area contributed by atoms with Crippen molar-refractivity contribution in [3.05, 3.63) is 72.0 Å². The molecule has 3 N–H and O–H groups in total. The molecule has 1 amide bonds. The van der Waals surface area contributed by atoms with Gasteiger partial charge in [0.1, 0.15) is 17.8 Å². The molecule has 31 heavy (non-hydrogen) atoms. The highest BCUT2D eigenvalue weighted by atomic mass is 16.5. The summed E-state index contributed by atoms with van der Waals surface area (Å²) in [6, 6.07) is 13.9. The quantitative estimate of drug-likeness (QED) is 0.674. The fourth-order valence-electron chi connectivity index (χ4n) is 3.69. The molecule has 7 nitrogen and oxygen atoms in total. The van der Waals surface area contributed by atoms with Gasteiger partial charge < -0.3 is 20.3 Å². The van der Waals surface area contributed by atoms with E-state index in [1.165, 1.54) is 0 Å². The standard InChI is InChI=1S/C24H27N5O2/c1-25-22(30)15-31-21-9-5-4-8-18(21)16-10-11-20-19(13-16)24(26-2)28-23(27-20)17-7-6-12-29(3)14-17/h4-13,24,26H,14-15H2,1-3H3,(H,25,30)(H,27,28). The molecule has 0 aliphatic carbocycles. The van der Waals surface area contributed by atoms with E-state index in [0.717, 1.165) is 40.3 Å². The van der Waals surface area contributed by atoms with Gasteiger partial charge in [-0.3, -0.25) is 10.1 Å². The van der Waals surface area contributed by atoms with Gasteiger partial charge in [-0.25, -0.2) is 4.99 Å². The molecule has 4 rings (SSSR count). The number of amidine groups is 1. The maximum atomic E-state index is 11.6. The lowest BCUT2D eigenvalue weighted by atomic mass is 9.98. The molecule has 2 aliphatic rings. The molecule has 2 aliphatic heterocycles. The molecule has 0 bridgehead atoms. The second-order valence-electron chi connectivity index (χ2n) is 7.51. The maximum Gasteiger partial charge on any atom is 0.257 e. The van der Waals surface area contributed by atoms with E-state index in [4.69, 9.17) is 9.73 Å². The zero-order chi connectivity index (χ0) is 21.8. The summed E-state index contributed by atoms with van der Waals surface area (Å²) >= 11 is 0. The third kappa shape index (κ3) is 4.46. The summed E-state index contributed by atoms with van der Waals surface area (Å²) in [6.45, 7) is 0.785. The summed E-state index contributed by atoms with van der Waals surface area (Å²) in [7, 11) is 5.57. The lowest BCUT2D eigenvalue weighted by molar-refractivity contribution is -0.122. The van der Waals surface area contributed by atoms with Crippen LogP contribution in [0, 0.1) is 0 Å². The van der Waals surface area contributed by atoms with Gasteiger partial charge in [0.2, 0.25) is 0 Å². The van der Waals surface area contributed by atoms with Crippen molar-refractivity contribution in [2.75, 3.05) is 34.3 Å². The second-order valence-corrected chi connectivity index (χ2v) is 7.51. The van der Waals surface area contributed by atoms with Crippen LogP contribution in [0.3, 0.4) is 0 Å². The highest BCUT2D eigenvalue weighted by Crippen LogP contribution is 2.36. The van der Waals surface area contributed by atoms with Crippen LogP contribution in [-0.2, 0) is 4.79 Å². The van der Waals surface area contributed by atoms with Gasteiger partial charge in [-0.1, -0.05) is 30.3 Å². The number of hydrogen-bond acceptors (Lipinski definition) is 6. The highest BCUT2D eigenvalue weighted by Gasteiger charge is 2.24. The number of carbonyl (C=O) groups is 1. The van der Waals surface area contributed by atoms with Gasteiger partial charge >= 0.3 is 0 Å². The number of aliphatic imine (C=N–C) groups is 1. The molecule has 0 saturated heterocycles.